The molecule has 0 radical (unpaired) electrons. The van der Waals surface area contributed by atoms with Crippen molar-refractivity contribution in [3.05, 3.63) is 79.3 Å². The summed E-state index contributed by atoms with van der Waals surface area (Å²) in [5.74, 6) is 1.27. The number of hydrogen-bond donors (Lipinski definition) is 0. The molecule has 0 aliphatic carbocycles. The Hall–Kier alpha value is -2.87. The van der Waals surface area contributed by atoms with Gasteiger partial charge in [0.05, 0.1) is 13.2 Å². The Morgan fingerprint density at radius 3 is 2.39 bits per heavy atom. The van der Waals surface area contributed by atoms with Crippen molar-refractivity contribution in [2.24, 2.45) is 0 Å². The lowest BCUT2D eigenvalue weighted by molar-refractivity contribution is 0.340. The molecule has 0 unspecified atom stereocenters. The normalized spacial score (nSPS) is 12.9. The fourth-order valence-corrected chi connectivity index (χ4v) is 3.49. The van der Waals surface area contributed by atoms with Gasteiger partial charge in [0.25, 0.3) is 0 Å². The summed E-state index contributed by atoms with van der Waals surface area (Å²) in [6.45, 7) is 3.80. The van der Waals surface area contributed by atoms with E-state index in [-0.39, 0.29) is 6.54 Å². The molecule has 4 rings (SSSR count). The van der Waals surface area contributed by atoms with E-state index >= 15 is 0 Å². The molecule has 2 heterocycles. The summed E-state index contributed by atoms with van der Waals surface area (Å²) in [6, 6.07) is 15.2. The van der Waals surface area contributed by atoms with Gasteiger partial charge in [-0.05, 0) is 48.9 Å². The molecule has 3 aromatic rings. The van der Waals surface area contributed by atoms with Crippen molar-refractivity contribution < 1.29 is 4.74 Å². The van der Waals surface area contributed by atoms with Crippen LogP contribution in [0.5, 0.6) is 5.75 Å². The molecule has 2 aromatic carbocycles. The van der Waals surface area contributed by atoms with Crippen molar-refractivity contribution in [3.8, 4) is 5.75 Å². The standard InChI is InChI=1S/C20H19BrN4O3/c1-2-28-17-9-7-16(8-10-17)23-11-12-24-18(26)19(27)25(22-20(23)24)13-14-3-5-15(21)6-4-14/h3-10H,2,11-13H2,1H3. The van der Waals surface area contributed by atoms with Crippen LogP contribution in [0, 0.1) is 0 Å². The Kier molecular flexibility index (Phi) is 5.04. The average molecular weight is 443 g/mol. The van der Waals surface area contributed by atoms with Gasteiger partial charge in [-0.15, -0.1) is 5.10 Å². The number of nitrogens with zero attached hydrogens (tertiary/aromatic N) is 4. The van der Waals surface area contributed by atoms with Crippen molar-refractivity contribution >= 4 is 27.6 Å². The van der Waals surface area contributed by atoms with Gasteiger partial charge in [0, 0.05) is 23.2 Å². The molecule has 1 aliphatic rings. The molecule has 8 heteroatoms. The fraction of sp³-hybridized carbons (Fsp3) is 0.250. The van der Waals surface area contributed by atoms with Crippen LogP contribution in [-0.4, -0.2) is 27.5 Å². The number of rotatable bonds is 5. The number of aromatic nitrogens is 3. The zero-order valence-corrected chi connectivity index (χ0v) is 16.9. The summed E-state index contributed by atoms with van der Waals surface area (Å²) in [4.78, 5) is 27.0. The predicted molar refractivity (Wildman–Crippen MR) is 111 cm³/mol. The smallest absolute Gasteiger partial charge is 0.333 e. The van der Waals surface area contributed by atoms with Gasteiger partial charge >= 0.3 is 11.1 Å². The lowest BCUT2D eigenvalue weighted by Gasteiger charge is -2.18. The van der Waals surface area contributed by atoms with E-state index in [2.05, 4.69) is 21.0 Å². The first-order valence-electron chi connectivity index (χ1n) is 9.03. The first kappa shape index (κ1) is 18.5. The van der Waals surface area contributed by atoms with Crippen LogP contribution < -0.4 is 20.8 Å². The van der Waals surface area contributed by atoms with Crippen molar-refractivity contribution in [2.45, 2.75) is 20.0 Å². The summed E-state index contributed by atoms with van der Waals surface area (Å²) in [7, 11) is 0. The lowest BCUT2D eigenvalue weighted by Crippen LogP contribution is -2.42. The van der Waals surface area contributed by atoms with Gasteiger partial charge in [-0.25, -0.2) is 4.68 Å². The molecular weight excluding hydrogens is 424 g/mol. The minimum Gasteiger partial charge on any atom is -0.494 e. The Labute approximate surface area is 169 Å². The molecule has 0 fully saturated rings. The lowest BCUT2D eigenvalue weighted by atomic mass is 10.2. The van der Waals surface area contributed by atoms with Crippen LogP contribution in [0.1, 0.15) is 12.5 Å². The summed E-state index contributed by atoms with van der Waals surface area (Å²) in [5.41, 5.74) is 0.638. The molecule has 0 spiro atoms. The first-order chi connectivity index (χ1) is 13.6. The van der Waals surface area contributed by atoms with E-state index in [1.165, 1.54) is 9.25 Å². The molecular formula is C20H19BrN4O3. The predicted octanol–water partition coefficient (Wildman–Crippen LogP) is 2.77. The van der Waals surface area contributed by atoms with E-state index in [4.69, 9.17) is 4.74 Å². The van der Waals surface area contributed by atoms with E-state index in [1.54, 1.807) is 0 Å². The molecule has 0 bridgehead atoms. The van der Waals surface area contributed by atoms with E-state index in [0.29, 0.717) is 25.6 Å². The highest BCUT2D eigenvalue weighted by atomic mass is 79.9. The quantitative estimate of drug-likeness (QED) is 0.568. The third kappa shape index (κ3) is 3.47. The fourth-order valence-electron chi connectivity index (χ4n) is 3.23. The van der Waals surface area contributed by atoms with Crippen LogP contribution in [0.2, 0.25) is 0 Å². The van der Waals surface area contributed by atoms with E-state index < -0.39 is 11.1 Å². The second-order valence-electron chi connectivity index (χ2n) is 6.42. The number of fused-ring (bicyclic) bond motifs is 1. The highest BCUT2D eigenvalue weighted by Gasteiger charge is 2.26. The molecule has 1 aliphatic heterocycles. The summed E-state index contributed by atoms with van der Waals surface area (Å²) in [6.07, 6.45) is 0. The van der Waals surface area contributed by atoms with Crippen molar-refractivity contribution in [2.75, 3.05) is 18.1 Å². The molecule has 0 amide bonds. The highest BCUT2D eigenvalue weighted by molar-refractivity contribution is 9.10. The Balaban J connectivity index is 1.70. The van der Waals surface area contributed by atoms with E-state index in [0.717, 1.165) is 21.5 Å². The monoisotopic (exact) mass is 442 g/mol. The molecule has 28 heavy (non-hydrogen) atoms. The molecule has 0 saturated heterocycles. The SMILES string of the molecule is CCOc1ccc(N2CCn3c2nn(Cc2ccc(Br)cc2)c(=O)c3=O)cc1. The molecule has 144 valence electrons. The van der Waals surface area contributed by atoms with Crippen LogP contribution in [0.25, 0.3) is 0 Å². The van der Waals surface area contributed by atoms with E-state index in [9.17, 15) is 9.59 Å². The third-order valence-electron chi connectivity index (χ3n) is 4.61. The van der Waals surface area contributed by atoms with Gasteiger partial charge in [0.1, 0.15) is 5.75 Å². The van der Waals surface area contributed by atoms with Gasteiger partial charge in [0.2, 0.25) is 5.95 Å². The zero-order chi connectivity index (χ0) is 19.7. The van der Waals surface area contributed by atoms with Crippen molar-refractivity contribution in [1.29, 1.82) is 0 Å². The van der Waals surface area contributed by atoms with Gasteiger partial charge in [-0.2, -0.15) is 0 Å². The molecule has 7 nitrogen and oxygen atoms in total. The topological polar surface area (TPSA) is 69.4 Å². The number of benzene rings is 2. The number of anilines is 2. The second-order valence-corrected chi connectivity index (χ2v) is 7.34. The number of ether oxygens (including phenoxy) is 1. The van der Waals surface area contributed by atoms with Gasteiger partial charge < -0.3 is 9.64 Å². The number of hydrogen-bond acceptors (Lipinski definition) is 5. The van der Waals surface area contributed by atoms with E-state index in [1.807, 2.05) is 60.4 Å². The van der Waals surface area contributed by atoms with Gasteiger partial charge in [-0.1, -0.05) is 28.1 Å². The Morgan fingerprint density at radius 1 is 1.00 bits per heavy atom. The maximum Gasteiger partial charge on any atom is 0.333 e. The summed E-state index contributed by atoms with van der Waals surface area (Å²) >= 11 is 3.39. The maximum absolute atomic E-state index is 12.6. The van der Waals surface area contributed by atoms with Gasteiger partial charge in [-0.3, -0.25) is 14.2 Å². The minimum atomic E-state index is -0.611. The van der Waals surface area contributed by atoms with Crippen LogP contribution in [0.3, 0.4) is 0 Å². The number of halogens is 1. The van der Waals surface area contributed by atoms with Crippen LogP contribution in [-0.2, 0) is 13.1 Å². The molecule has 1 aromatic heterocycles. The van der Waals surface area contributed by atoms with Crippen LogP contribution >= 0.6 is 15.9 Å². The molecule has 0 saturated carbocycles. The highest BCUT2D eigenvalue weighted by Crippen LogP contribution is 2.28. The third-order valence-corrected chi connectivity index (χ3v) is 5.14. The van der Waals surface area contributed by atoms with Crippen LogP contribution in [0.4, 0.5) is 11.6 Å². The summed E-state index contributed by atoms with van der Waals surface area (Å²) < 4.78 is 9.12. The molecule has 0 N–H and O–H groups in total. The average Bonchev–Trinajstić information content (AvgIpc) is 3.12. The zero-order valence-electron chi connectivity index (χ0n) is 15.3. The van der Waals surface area contributed by atoms with Crippen molar-refractivity contribution in [1.82, 2.24) is 14.3 Å². The van der Waals surface area contributed by atoms with Crippen molar-refractivity contribution in [3.63, 3.8) is 0 Å². The molecule has 0 atom stereocenters. The maximum atomic E-state index is 12.6. The first-order valence-corrected chi connectivity index (χ1v) is 9.83. The van der Waals surface area contributed by atoms with Gasteiger partial charge in [0.15, 0.2) is 0 Å². The minimum absolute atomic E-state index is 0.242. The van der Waals surface area contributed by atoms with Crippen LogP contribution in [0.15, 0.2) is 62.6 Å². The second kappa shape index (κ2) is 7.63. The Bertz CT molecular complexity index is 1100. The Morgan fingerprint density at radius 2 is 1.71 bits per heavy atom. The largest absolute Gasteiger partial charge is 0.494 e. The summed E-state index contributed by atoms with van der Waals surface area (Å²) in [5, 5.41) is 4.50.